The molecule has 2 aliphatic heterocycles. The maximum Gasteiger partial charge on any atom is 0.420 e. The maximum absolute atomic E-state index is 13.1. The molecule has 206 valence electrons. The summed E-state index contributed by atoms with van der Waals surface area (Å²) in [6.45, 7) is 4.79. The van der Waals surface area contributed by atoms with Gasteiger partial charge >= 0.3 is 6.09 Å². The van der Waals surface area contributed by atoms with Gasteiger partial charge in [0.15, 0.2) is 0 Å². The predicted octanol–water partition coefficient (Wildman–Crippen LogP) is 6.98. The second-order valence-electron chi connectivity index (χ2n) is 10.3. The fourth-order valence-corrected chi connectivity index (χ4v) is 5.50. The highest BCUT2D eigenvalue weighted by Crippen LogP contribution is 2.31. The Morgan fingerprint density at radius 2 is 1.50 bits per heavy atom. The van der Waals surface area contributed by atoms with Crippen molar-refractivity contribution in [3.8, 4) is 5.75 Å². The Morgan fingerprint density at radius 1 is 0.875 bits per heavy atom. The molecule has 6 heteroatoms. The first kappa shape index (κ1) is 27.4. The summed E-state index contributed by atoms with van der Waals surface area (Å²) in [5.74, 6) is 0.710. The Hall–Kier alpha value is -4.16. The fourth-order valence-electron chi connectivity index (χ4n) is 5.50. The van der Waals surface area contributed by atoms with Crippen LogP contribution in [-0.2, 0) is 4.79 Å². The Balaban J connectivity index is 1.21. The molecule has 3 aromatic rings. The summed E-state index contributed by atoms with van der Waals surface area (Å²) in [6, 6.07) is 29.3. The van der Waals surface area contributed by atoms with Gasteiger partial charge in [-0.2, -0.15) is 0 Å². The van der Waals surface area contributed by atoms with Crippen LogP contribution in [-0.4, -0.2) is 47.5 Å². The number of rotatable bonds is 8. The number of piperidine rings is 1. The third-order valence-corrected chi connectivity index (χ3v) is 7.67. The minimum Gasteiger partial charge on any atom is -0.410 e. The van der Waals surface area contributed by atoms with Gasteiger partial charge in [0.25, 0.3) is 0 Å². The van der Waals surface area contributed by atoms with Crippen molar-refractivity contribution < 1.29 is 14.3 Å². The molecular formula is C34H37N3O3. The molecule has 2 aliphatic rings. The van der Waals surface area contributed by atoms with Crippen LogP contribution in [0.1, 0.15) is 44.2 Å². The van der Waals surface area contributed by atoms with Crippen molar-refractivity contribution >= 4 is 17.7 Å². The van der Waals surface area contributed by atoms with Crippen molar-refractivity contribution in [1.29, 1.82) is 0 Å². The molecule has 0 saturated carbocycles. The standard InChI is InChI=1S/C34H37N3O3/c1-2-33(38)37(29-14-8-4-9-15-29)30-20-23-35(24-21-30)22-18-27-19-25-36(32(26-27)28-12-6-3-7-13-28)34(39)40-31-16-10-5-11-17-31/h3-17,19,25-26,30,32H,2,18,20-24H2,1H3. The van der Waals surface area contributed by atoms with Crippen LogP contribution in [0.15, 0.2) is 115 Å². The lowest BCUT2D eigenvalue weighted by Gasteiger charge is -2.39. The van der Waals surface area contributed by atoms with Crippen LogP contribution < -0.4 is 9.64 Å². The summed E-state index contributed by atoms with van der Waals surface area (Å²) in [4.78, 5) is 32.1. The lowest BCUT2D eigenvalue weighted by atomic mass is 9.97. The SMILES string of the molecule is CCC(=O)N(c1ccccc1)C1CCN(CCC2=CC(c3ccccc3)N(C(=O)Oc3ccccc3)C=C2)CC1. The lowest BCUT2D eigenvalue weighted by molar-refractivity contribution is -0.119. The third kappa shape index (κ3) is 6.69. The lowest BCUT2D eigenvalue weighted by Crippen LogP contribution is -2.47. The van der Waals surface area contributed by atoms with Crippen LogP contribution >= 0.6 is 0 Å². The van der Waals surface area contributed by atoms with E-state index in [1.807, 2.05) is 103 Å². The Kier molecular flexibility index (Phi) is 9.09. The van der Waals surface area contributed by atoms with E-state index in [1.54, 1.807) is 17.0 Å². The summed E-state index contributed by atoms with van der Waals surface area (Å²) >= 11 is 0. The number of amides is 2. The van der Waals surface area contributed by atoms with Gasteiger partial charge in [-0.3, -0.25) is 9.69 Å². The van der Waals surface area contributed by atoms with Crippen LogP contribution in [0, 0.1) is 0 Å². The monoisotopic (exact) mass is 535 g/mol. The van der Waals surface area contributed by atoms with Gasteiger partial charge in [0.1, 0.15) is 5.75 Å². The van der Waals surface area contributed by atoms with Gasteiger partial charge in [-0.25, -0.2) is 4.79 Å². The number of hydrogen-bond donors (Lipinski definition) is 0. The average Bonchev–Trinajstić information content (AvgIpc) is 3.02. The minimum atomic E-state index is -0.404. The number of carbonyl (C=O) groups excluding carboxylic acids is 2. The van der Waals surface area contributed by atoms with Crippen molar-refractivity contribution in [1.82, 2.24) is 9.80 Å². The topological polar surface area (TPSA) is 53.1 Å². The number of benzene rings is 3. The largest absolute Gasteiger partial charge is 0.420 e. The van der Waals surface area contributed by atoms with E-state index in [4.69, 9.17) is 4.74 Å². The van der Waals surface area contributed by atoms with Gasteiger partial charge in [-0.15, -0.1) is 0 Å². The minimum absolute atomic E-state index is 0.185. The van der Waals surface area contributed by atoms with Gasteiger partial charge in [0.05, 0.1) is 6.04 Å². The molecule has 1 fully saturated rings. The molecule has 0 bridgehead atoms. The smallest absolute Gasteiger partial charge is 0.410 e. The summed E-state index contributed by atoms with van der Waals surface area (Å²) in [7, 11) is 0. The normalized spacial score (nSPS) is 17.8. The number of anilines is 1. The fraction of sp³-hybridized carbons (Fsp3) is 0.294. The summed E-state index contributed by atoms with van der Waals surface area (Å²) in [5.41, 5.74) is 3.23. The van der Waals surface area contributed by atoms with E-state index in [1.165, 1.54) is 5.57 Å². The van der Waals surface area contributed by atoms with E-state index in [0.717, 1.165) is 50.1 Å². The molecule has 0 N–H and O–H groups in total. The van der Waals surface area contributed by atoms with Crippen LogP contribution in [0.4, 0.5) is 10.5 Å². The molecule has 1 atom stereocenters. The summed E-state index contributed by atoms with van der Waals surface area (Å²) in [5, 5.41) is 0. The van der Waals surface area contributed by atoms with E-state index in [0.29, 0.717) is 12.2 Å². The highest BCUT2D eigenvalue weighted by Gasteiger charge is 2.29. The molecule has 0 aromatic heterocycles. The zero-order chi connectivity index (χ0) is 27.7. The number of allylic oxidation sites excluding steroid dienone is 1. The predicted molar refractivity (Wildman–Crippen MR) is 159 cm³/mol. The van der Waals surface area contributed by atoms with Crippen LogP contribution in [0.5, 0.6) is 5.75 Å². The van der Waals surface area contributed by atoms with Crippen molar-refractivity contribution in [2.75, 3.05) is 24.5 Å². The van der Waals surface area contributed by atoms with Gasteiger partial charge in [0.2, 0.25) is 5.91 Å². The number of nitrogens with zero attached hydrogens (tertiary/aromatic N) is 3. The maximum atomic E-state index is 13.1. The summed E-state index contributed by atoms with van der Waals surface area (Å²) < 4.78 is 5.65. The second-order valence-corrected chi connectivity index (χ2v) is 10.3. The molecule has 0 aliphatic carbocycles. The Bertz CT molecular complexity index is 1320. The molecule has 0 radical (unpaired) electrons. The molecule has 2 amide bonds. The van der Waals surface area contributed by atoms with E-state index in [-0.39, 0.29) is 18.0 Å². The van der Waals surface area contributed by atoms with Crippen LogP contribution in [0.3, 0.4) is 0 Å². The molecule has 1 saturated heterocycles. The average molecular weight is 536 g/mol. The number of ether oxygens (including phenoxy) is 1. The van der Waals surface area contributed by atoms with E-state index in [2.05, 4.69) is 11.0 Å². The third-order valence-electron chi connectivity index (χ3n) is 7.67. The quantitative estimate of drug-likeness (QED) is 0.312. The van der Waals surface area contributed by atoms with Gasteiger partial charge in [-0.05, 0) is 60.7 Å². The van der Waals surface area contributed by atoms with E-state index < -0.39 is 6.09 Å². The number of para-hydroxylation sites is 2. The second kappa shape index (κ2) is 13.3. The van der Waals surface area contributed by atoms with E-state index in [9.17, 15) is 9.59 Å². The first-order valence-corrected chi connectivity index (χ1v) is 14.2. The number of hydrogen-bond acceptors (Lipinski definition) is 4. The van der Waals surface area contributed by atoms with Crippen molar-refractivity contribution in [3.05, 3.63) is 120 Å². The first-order valence-electron chi connectivity index (χ1n) is 14.2. The first-order chi connectivity index (χ1) is 19.6. The Labute approximate surface area is 237 Å². The van der Waals surface area contributed by atoms with Gasteiger partial charge in [-0.1, -0.05) is 79.7 Å². The van der Waals surface area contributed by atoms with Crippen LogP contribution in [0.25, 0.3) is 0 Å². The Morgan fingerprint density at radius 3 is 2.15 bits per heavy atom. The number of carbonyl (C=O) groups is 2. The highest BCUT2D eigenvalue weighted by atomic mass is 16.6. The zero-order valence-electron chi connectivity index (χ0n) is 23.1. The molecule has 6 nitrogen and oxygen atoms in total. The molecule has 40 heavy (non-hydrogen) atoms. The van der Waals surface area contributed by atoms with Gasteiger partial charge in [0, 0.05) is 44.0 Å². The van der Waals surface area contributed by atoms with E-state index >= 15 is 0 Å². The zero-order valence-corrected chi connectivity index (χ0v) is 23.1. The summed E-state index contributed by atoms with van der Waals surface area (Å²) in [6.07, 6.45) is 8.96. The van der Waals surface area contributed by atoms with Gasteiger partial charge < -0.3 is 14.5 Å². The van der Waals surface area contributed by atoms with Crippen molar-refractivity contribution in [2.45, 2.75) is 44.7 Å². The molecule has 1 unspecified atom stereocenters. The molecule has 2 heterocycles. The molecule has 3 aromatic carbocycles. The highest BCUT2D eigenvalue weighted by molar-refractivity contribution is 5.93. The molecule has 5 rings (SSSR count). The molecular weight excluding hydrogens is 498 g/mol. The molecule has 0 spiro atoms. The number of likely N-dealkylation sites (tertiary alicyclic amines) is 1. The van der Waals surface area contributed by atoms with Crippen molar-refractivity contribution in [2.24, 2.45) is 0 Å². The van der Waals surface area contributed by atoms with Crippen LogP contribution in [0.2, 0.25) is 0 Å². The van der Waals surface area contributed by atoms with Crippen molar-refractivity contribution in [3.63, 3.8) is 0 Å².